The second kappa shape index (κ2) is 36.0. The predicted molar refractivity (Wildman–Crippen MR) is 304 cm³/mol. The van der Waals surface area contributed by atoms with Crippen molar-refractivity contribution in [2.45, 2.75) is 185 Å². The fourth-order valence-electron chi connectivity index (χ4n) is 9.12. The molecule has 3 rings (SSSR count). The standard InChI is InChI=1S/C54H88N16O13/c1-6-30(2)43(53(83)70(28-42(74)75)36-17-11-8-12-18-36)67-49(79)38(20-13-23-55)64-41(73)27-61-51(81)44(32(4)71)69-52(82)45(33(5)72)68-50(80)40(25-35-26-59-29-62-35)66-48(78)39(22-21-34-15-9-7-10-16-34)65-46(76)31(3)63-47(77)37(56)19-14-24-60-54(57)58/h7,9-10,15-16,26,29-33,36-40,43-45,71-72H,6,8,11-14,17-25,27-28,55-56H2,1-5H3,(H,59,62)(H,61,81)(H,63,77)(H,64,73)(H,65,76)(H,66,78)(H,67,79)(H,68,80)(H,69,82)(H,74,75)(H4,57,58,60)/t30?,31-,32+,33+,37-,38-,39-,40-,43-,44-,45-/m0/s1. The molecule has 9 amide bonds. The van der Waals surface area contributed by atoms with Crippen molar-refractivity contribution in [1.29, 1.82) is 0 Å². The zero-order valence-electron chi connectivity index (χ0n) is 48.1. The van der Waals surface area contributed by atoms with Crippen LogP contribution in [0.1, 0.15) is 117 Å². The number of carbonyl (C=O) groups is 10. The fraction of sp³-hybridized carbons (Fsp3) is 0.630. The lowest BCUT2D eigenvalue weighted by Gasteiger charge is -2.37. The van der Waals surface area contributed by atoms with Crippen LogP contribution in [-0.2, 0) is 60.8 Å². The second-order valence-corrected chi connectivity index (χ2v) is 21.0. The first-order chi connectivity index (χ1) is 39.4. The summed E-state index contributed by atoms with van der Waals surface area (Å²) < 4.78 is 0. The summed E-state index contributed by atoms with van der Waals surface area (Å²) in [5.41, 5.74) is 23.6. The van der Waals surface area contributed by atoms with Crippen molar-refractivity contribution in [3.05, 3.63) is 54.1 Å². The lowest BCUT2D eigenvalue weighted by atomic mass is 9.91. The Balaban J connectivity index is 1.76. The van der Waals surface area contributed by atoms with E-state index in [1.54, 1.807) is 25.1 Å². The zero-order chi connectivity index (χ0) is 61.8. The van der Waals surface area contributed by atoms with E-state index in [1.165, 1.54) is 24.3 Å². The molecule has 0 saturated heterocycles. The first kappa shape index (κ1) is 69.5. The molecule has 29 nitrogen and oxygen atoms in total. The number of aliphatic carboxylic acids is 1. The Kier molecular flexibility index (Phi) is 30.1. The molecule has 0 aliphatic heterocycles. The maximum atomic E-state index is 14.2. The molecule has 2 aromatic rings. The van der Waals surface area contributed by atoms with Crippen molar-refractivity contribution in [1.82, 2.24) is 57.4 Å². The first-order valence-corrected chi connectivity index (χ1v) is 28.2. The van der Waals surface area contributed by atoms with Gasteiger partial charge in [0.2, 0.25) is 53.2 Å². The van der Waals surface area contributed by atoms with Gasteiger partial charge < -0.3 is 90.7 Å². The van der Waals surface area contributed by atoms with E-state index < -0.39 is 139 Å². The van der Waals surface area contributed by atoms with Gasteiger partial charge in [0.15, 0.2) is 5.96 Å². The Morgan fingerprint density at radius 2 is 1.30 bits per heavy atom. The number of aryl methyl sites for hydroxylation is 1. The number of nitrogens with one attached hydrogen (secondary N) is 9. The maximum absolute atomic E-state index is 14.2. The highest BCUT2D eigenvalue weighted by atomic mass is 16.4. The summed E-state index contributed by atoms with van der Waals surface area (Å²) >= 11 is 0. The van der Waals surface area contributed by atoms with Gasteiger partial charge in [-0.25, -0.2) is 4.98 Å². The van der Waals surface area contributed by atoms with Crippen LogP contribution in [-0.4, -0.2) is 188 Å². The Bertz CT molecular complexity index is 2460. The van der Waals surface area contributed by atoms with Crippen LogP contribution in [0, 0.1) is 5.92 Å². The Hall–Kier alpha value is -7.76. The highest BCUT2D eigenvalue weighted by Gasteiger charge is 2.38. The van der Waals surface area contributed by atoms with Crippen LogP contribution in [0.4, 0.5) is 0 Å². The third-order valence-electron chi connectivity index (χ3n) is 14.1. The molecule has 1 heterocycles. The minimum absolute atomic E-state index is 0.0101. The first-order valence-electron chi connectivity index (χ1n) is 28.2. The van der Waals surface area contributed by atoms with Crippen molar-refractivity contribution < 1.29 is 63.3 Å². The largest absolute Gasteiger partial charge is 0.480 e. The van der Waals surface area contributed by atoms with Crippen molar-refractivity contribution >= 4 is 65.1 Å². The summed E-state index contributed by atoms with van der Waals surface area (Å²) in [6.07, 6.45) is 4.54. The van der Waals surface area contributed by atoms with Crippen LogP contribution >= 0.6 is 0 Å². The van der Waals surface area contributed by atoms with Gasteiger partial charge in [-0.3, -0.25) is 52.9 Å². The summed E-state index contributed by atoms with van der Waals surface area (Å²) in [5.74, 6) is -9.47. The molecule has 1 aromatic heterocycles. The van der Waals surface area contributed by atoms with Crippen LogP contribution in [0.2, 0.25) is 0 Å². The number of aliphatic hydroxyl groups excluding tert-OH is 2. The number of imidazole rings is 1. The van der Waals surface area contributed by atoms with E-state index in [9.17, 15) is 63.3 Å². The number of benzene rings is 1. The average Bonchev–Trinajstić information content (AvgIpc) is 4.13. The molecule has 83 heavy (non-hydrogen) atoms. The lowest BCUT2D eigenvalue weighted by molar-refractivity contribution is -0.149. The van der Waals surface area contributed by atoms with Gasteiger partial charge in [-0.15, -0.1) is 0 Å². The van der Waals surface area contributed by atoms with Crippen molar-refractivity contribution in [3.63, 3.8) is 0 Å². The number of hydrogen-bond acceptors (Lipinski definition) is 16. The van der Waals surface area contributed by atoms with Crippen LogP contribution < -0.4 is 65.5 Å². The van der Waals surface area contributed by atoms with Gasteiger partial charge in [0.1, 0.15) is 48.8 Å². The fourth-order valence-corrected chi connectivity index (χ4v) is 9.12. The van der Waals surface area contributed by atoms with Crippen molar-refractivity contribution in [2.24, 2.45) is 33.8 Å². The number of aliphatic hydroxyl groups is 2. The summed E-state index contributed by atoms with van der Waals surface area (Å²) in [6, 6.07) is -2.36. The lowest BCUT2D eigenvalue weighted by Crippen LogP contribution is -2.62. The minimum Gasteiger partial charge on any atom is -0.480 e. The van der Waals surface area contributed by atoms with E-state index in [1.807, 2.05) is 19.1 Å². The number of carbonyl (C=O) groups excluding carboxylic acids is 9. The number of rotatable bonds is 36. The highest BCUT2D eigenvalue weighted by molar-refractivity contribution is 5.98. The van der Waals surface area contributed by atoms with Gasteiger partial charge >= 0.3 is 5.97 Å². The van der Waals surface area contributed by atoms with Crippen molar-refractivity contribution in [2.75, 3.05) is 26.2 Å². The molecule has 0 bridgehead atoms. The van der Waals surface area contributed by atoms with E-state index in [0.29, 0.717) is 31.4 Å². The van der Waals surface area contributed by atoms with Gasteiger partial charge in [-0.1, -0.05) is 69.9 Å². The van der Waals surface area contributed by atoms with E-state index in [4.69, 9.17) is 22.9 Å². The topological polar surface area (TPSA) is 476 Å². The highest BCUT2D eigenvalue weighted by Crippen LogP contribution is 2.25. The molecule has 1 aliphatic rings. The zero-order valence-corrected chi connectivity index (χ0v) is 48.1. The van der Waals surface area contributed by atoms with E-state index in [2.05, 4.69) is 57.5 Å². The number of H-pyrrole nitrogens is 1. The Morgan fingerprint density at radius 1 is 0.711 bits per heavy atom. The summed E-state index contributed by atoms with van der Waals surface area (Å²) in [6.45, 7) is 6.28. The number of carboxylic acids is 1. The monoisotopic (exact) mass is 1170 g/mol. The molecule has 0 radical (unpaired) electrons. The molecule has 20 N–H and O–H groups in total. The molecule has 11 atom stereocenters. The van der Waals surface area contributed by atoms with E-state index >= 15 is 0 Å². The maximum Gasteiger partial charge on any atom is 0.323 e. The molecule has 1 unspecified atom stereocenters. The van der Waals surface area contributed by atoms with Gasteiger partial charge in [-0.2, -0.15) is 0 Å². The van der Waals surface area contributed by atoms with Gasteiger partial charge in [0.05, 0.1) is 31.1 Å². The number of aromatic amines is 1. The Morgan fingerprint density at radius 3 is 1.89 bits per heavy atom. The number of amides is 9. The molecule has 1 aromatic carbocycles. The summed E-state index contributed by atoms with van der Waals surface area (Å²) in [7, 11) is 0. The quantitative estimate of drug-likeness (QED) is 0.0177. The minimum atomic E-state index is -1.83. The smallest absolute Gasteiger partial charge is 0.323 e. The number of carboxylic acid groups (broad SMARTS) is 1. The van der Waals surface area contributed by atoms with Gasteiger partial charge in [0.25, 0.3) is 0 Å². The molecule has 1 fully saturated rings. The van der Waals surface area contributed by atoms with Gasteiger partial charge in [-0.05, 0) is 90.2 Å². The van der Waals surface area contributed by atoms with E-state index in [0.717, 1.165) is 38.7 Å². The predicted octanol–water partition coefficient (Wildman–Crippen LogP) is -3.71. The number of aromatic nitrogens is 2. The number of nitrogens with two attached hydrogens (primary N) is 4. The second-order valence-electron chi connectivity index (χ2n) is 21.0. The number of aliphatic imine (C=N–C) groups is 1. The van der Waals surface area contributed by atoms with E-state index in [-0.39, 0.29) is 63.6 Å². The normalized spacial score (nSPS) is 16.4. The molecule has 29 heteroatoms. The van der Waals surface area contributed by atoms with Crippen LogP contribution in [0.5, 0.6) is 0 Å². The van der Waals surface area contributed by atoms with Crippen molar-refractivity contribution in [3.8, 4) is 0 Å². The molecule has 1 saturated carbocycles. The summed E-state index contributed by atoms with van der Waals surface area (Å²) in [4.78, 5) is 148. The average molecular weight is 1170 g/mol. The van der Waals surface area contributed by atoms with Crippen LogP contribution in [0.25, 0.3) is 0 Å². The van der Waals surface area contributed by atoms with Crippen LogP contribution in [0.15, 0.2) is 47.8 Å². The Labute approximate surface area is 483 Å². The number of hydrogen-bond donors (Lipinski definition) is 16. The molecule has 0 spiro atoms. The SMILES string of the molecule is CCC(C)[C@H](NC(=O)[C@H](CCCN)NC(=O)CNC(=O)[C@@H](NC(=O)[C@@H](NC(=O)[C@H](Cc1cnc[nH]1)NC(=O)[C@H](CCc1ccccc1)NC(=O)[C@H](C)NC(=O)[C@@H](N)CCCN=C(N)N)[C@@H](C)O)[C@@H](C)O)C(=O)N(CC(=O)O)C1CCCCC1. The third kappa shape index (κ3) is 24.3. The molecular formula is C54H88N16O13. The van der Waals surface area contributed by atoms with Gasteiger partial charge in [0, 0.05) is 30.9 Å². The summed E-state index contributed by atoms with van der Waals surface area (Å²) in [5, 5.41) is 51.4. The molecule has 1 aliphatic carbocycles. The third-order valence-corrected chi connectivity index (χ3v) is 14.1. The number of nitrogens with zero attached hydrogens (tertiary/aromatic N) is 3. The number of guanidine groups is 1. The molecule has 462 valence electrons. The molecular weight excluding hydrogens is 1080 g/mol. The van der Waals surface area contributed by atoms with Crippen LogP contribution in [0.3, 0.4) is 0 Å².